The number of aliphatic hydroxyl groups is 1. The van der Waals surface area contributed by atoms with E-state index < -0.39 is 15.9 Å². The third-order valence-electron chi connectivity index (χ3n) is 4.62. The highest BCUT2D eigenvalue weighted by Crippen LogP contribution is 2.22. The van der Waals surface area contributed by atoms with Gasteiger partial charge in [-0.25, -0.2) is 8.42 Å². The Bertz CT molecular complexity index is 849. The van der Waals surface area contributed by atoms with Crippen molar-refractivity contribution < 1.29 is 22.7 Å². The van der Waals surface area contributed by atoms with Gasteiger partial charge in [0.15, 0.2) is 14.5 Å². The average molecular weight is 458 g/mol. The summed E-state index contributed by atoms with van der Waals surface area (Å²) in [6, 6.07) is 11.1. The first-order valence-corrected chi connectivity index (χ1v) is 11.5. The Morgan fingerprint density at radius 1 is 1.30 bits per heavy atom. The summed E-state index contributed by atoms with van der Waals surface area (Å²) in [5.74, 6) is 1.72. The maximum absolute atomic E-state index is 11.9. The van der Waals surface area contributed by atoms with Crippen molar-refractivity contribution in [2.24, 2.45) is 0 Å². The molecule has 0 bridgehead atoms. The smallest absolute Gasteiger partial charge is 0.169 e. The van der Waals surface area contributed by atoms with Gasteiger partial charge in [0.25, 0.3) is 0 Å². The predicted molar refractivity (Wildman–Crippen MR) is 107 cm³/mol. The van der Waals surface area contributed by atoms with Gasteiger partial charge < -0.3 is 14.3 Å². The van der Waals surface area contributed by atoms with Gasteiger partial charge >= 0.3 is 0 Å². The Morgan fingerprint density at radius 2 is 2.04 bits per heavy atom. The molecular formula is C19H24BrNO5S. The van der Waals surface area contributed by atoms with E-state index >= 15 is 0 Å². The highest BCUT2D eigenvalue weighted by atomic mass is 79.9. The molecule has 2 heterocycles. The van der Waals surface area contributed by atoms with Gasteiger partial charge in [0, 0.05) is 12.6 Å². The molecule has 2 atom stereocenters. The van der Waals surface area contributed by atoms with Crippen LogP contribution in [0, 0.1) is 6.92 Å². The Morgan fingerprint density at radius 3 is 2.63 bits per heavy atom. The third-order valence-corrected chi connectivity index (χ3v) is 6.80. The van der Waals surface area contributed by atoms with Gasteiger partial charge in [-0.1, -0.05) is 17.7 Å². The van der Waals surface area contributed by atoms with Gasteiger partial charge in [0.05, 0.1) is 18.1 Å². The lowest BCUT2D eigenvalue weighted by Gasteiger charge is -2.29. The van der Waals surface area contributed by atoms with E-state index in [9.17, 15) is 13.5 Å². The number of hydrogen-bond acceptors (Lipinski definition) is 6. The molecule has 1 saturated heterocycles. The molecule has 1 aromatic carbocycles. The second-order valence-corrected chi connectivity index (χ2v) is 9.98. The topological polar surface area (TPSA) is 80.0 Å². The van der Waals surface area contributed by atoms with Gasteiger partial charge in [0.2, 0.25) is 0 Å². The van der Waals surface area contributed by atoms with Crippen LogP contribution in [0.3, 0.4) is 0 Å². The van der Waals surface area contributed by atoms with Crippen LogP contribution in [-0.4, -0.2) is 55.2 Å². The van der Waals surface area contributed by atoms with Crippen LogP contribution in [0.2, 0.25) is 0 Å². The summed E-state index contributed by atoms with van der Waals surface area (Å²) in [6.45, 7) is 2.89. The first-order valence-electron chi connectivity index (χ1n) is 8.87. The Hall–Kier alpha value is -1.35. The number of ether oxygens (including phenoxy) is 1. The molecule has 27 heavy (non-hydrogen) atoms. The van der Waals surface area contributed by atoms with Crippen molar-refractivity contribution in [1.29, 1.82) is 0 Å². The molecule has 0 aliphatic carbocycles. The zero-order valence-electron chi connectivity index (χ0n) is 15.2. The molecule has 148 valence electrons. The highest BCUT2D eigenvalue weighted by molar-refractivity contribution is 9.10. The number of benzene rings is 1. The molecular weight excluding hydrogens is 434 g/mol. The molecule has 1 aromatic heterocycles. The van der Waals surface area contributed by atoms with E-state index in [4.69, 9.17) is 9.15 Å². The number of aliphatic hydroxyl groups excluding tert-OH is 1. The molecule has 0 spiro atoms. The zero-order chi connectivity index (χ0) is 19.4. The van der Waals surface area contributed by atoms with Gasteiger partial charge in [-0.15, -0.1) is 0 Å². The van der Waals surface area contributed by atoms with Gasteiger partial charge in [0.1, 0.15) is 24.2 Å². The summed E-state index contributed by atoms with van der Waals surface area (Å²) in [5.41, 5.74) is 1.14. The van der Waals surface area contributed by atoms with Crippen LogP contribution in [0.4, 0.5) is 0 Å². The number of sulfone groups is 1. The van der Waals surface area contributed by atoms with E-state index in [-0.39, 0.29) is 24.2 Å². The number of halogens is 1. The van der Waals surface area contributed by atoms with Gasteiger partial charge in [-0.05, 0) is 53.5 Å². The zero-order valence-corrected chi connectivity index (χ0v) is 17.6. The normalized spacial score (nSPS) is 20.1. The standard InChI is InChI=1S/C19H24BrNO5S/c1-14-2-4-17(5-3-14)25-12-16(22)10-21(11-18-6-7-19(20)26-18)15-8-9-27(23,24)13-15/h2-7,15-16,22H,8-13H2,1H3. The predicted octanol–water partition coefficient (Wildman–Crippen LogP) is 2.78. The molecule has 1 fully saturated rings. The van der Waals surface area contributed by atoms with Crippen molar-refractivity contribution in [1.82, 2.24) is 4.90 Å². The second kappa shape index (κ2) is 8.77. The lowest BCUT2D eigenvalue weighted by Crippen LogP contribution is -2.42. The van der Waals surface area contributed by atoms with Crippen LogP contribution in [0.25, 0.3) is 0 Å². The van der Waals surface area contributed by atoms with Gasteiger partial charge in [-0.3, -0.25) is 4.90 Å². The van der Waals surface area contributed by atoms with E-state index in [1.165, 1.54) is 0 Å². The minimum absolute atomic E-state index is 0.112. The quantitative estimate of drug-likeness (QED) is 0.656. The van der Waals surface area contributed by atoms with E-state index in [1.54, 1.807) is 6.07 Å². The molecule has 1 N–H and O–H groups in total. The fraction of sp³-hybridized carbons (Fsp3) is 0.474. The van der Waals surface area contributed by atoms with Crippen molar-refractivity contribution in [2.45, 2.75) is 32.0 Å². The fourth-order valence-electron chi connectivity index (χ4n) is 3.19. The van der Waals surface area contributed by atoms with E-state index in [1.807, 2.05) is 42.2 Å². The SMILES string of the molecule is Cc1ccc(OCC(O)CN(Cc2ccc(Br)o2)C2CCS(=O)(=O)C2)cc1. The van der Waals surface area contributed by atoms with Crippen LogP contribution >= 0.6 is 15.9 Å². The van der Waals surface area contributed by atoms with E-state index in [0.29, 0.717) is 29.9 Å². The molecule has 0 saturated carbocycles. The van der Waals surface area contributed by atoms with Crippen molar-refractivity contribution >= 4 is 25.8 Å². The maximum Gasteiger partial charge on any atom is 0.169 e. The highest BCUT2D eigenvalue weighted by Gasteiger charge is 2.33. The van der Waals surface area contributed by atoms with Crippen LogP contribution < -0.4 is 4.74 Å². The molecule has 2 aromatic rings. The minimum Gasteiger partial charge on any atom is -0.491 e. The number of rotatable bonds is 8. The van der Waals surface area contributed by atoms with Crippen LogP contribution in [0.1, 0.15) is 17.7 Å². The lowest BCUT2D eigenvalue weighted by atomic mass is 10.2. The van der Waals surface area contributed by atoms with Crippen LogP contribution in [0.15, 0.2) is 45.5 Å². The minimum atomic E-state index is -3.02. The molecule has 3 rings (SSSR count). The molecule has 1 aliphatic rings. The Balaban J connectivity index is 1.61. The summed E-state index contributed by atoms with van der Waals surface area (Å²) in [7, 11) is -3.02. The molecule has 0 radical (unpaired) electrons. The summed E-state index contributed by atoms with van der Waals surface area (Å²) in [4.78, 5) is 1.97. The number of nitrogens with zero attached hydrogens (tertiary/aromatic N) is 1. The lowest BCUT2D eigenvalue weighted by molar-refractivity contribution is 0.0496. The summed E-state index contributed by atoms with van der Waals surface area (Å²) >= 11 is 3.28. The van der Waals surface area contributed by atoms with Crippen molar-refractivity contribution in [3.05, 3.63) is 52.4 Å². The monoisotopic (exact) mass is 457 g/mol. The third kappa shape index (κ3) is 6.07. The molecule has 8 heteroatoms. The second-order valence-electron chi connectivity index (χ2n) is 6.97. The fourth-order valence-corrected chi connectivity index (χ4v) is 5.29. The van der Waals surface area contributed by atoms with Crippen molar-refractivity contribution in [2.75, 3.05) is 24.7 Å². The Labute approximate surface area is 168 Å². The first kappa shape index (κ1) is 20.4. The summed E-state index contributed by atoms with van der Waals surface area (Å²) in [5, 5.41) is 10.5. The molecule has 6 nitrogen and oxygen atoms in total. The summed E-state index contributed by atoms with van der Waals surface area (Å²) in [6.07, 6.45) is -0.177. The first-order chi connectivity index (χ1) is 12.8. The average Bonchev–Trinajstić information content (AvgIpc) is 3.18. The van der Waals surface area contributed by atoms with Gasteiger partial charge in [-0.2, -0.15) is 0 Å². The maximum atomic E-state index is 11.9. The van der Waals surface area contributed by atoms with Crippen molar-refractivity contribution in [3.63, 3.8) is 0 Å². The molecule has 0 amide bonds. The molecule has 2 unspecified atom stereocenters. The summed E-state index contributed by atoms with van der Waals surface area (Å²) < 4.78 is 35.6. The number of aryl methyl sites for hydroxylation is 1. The van der Waals surface area contributed by atoms with E-state index in [0.717, 1.165) is 11.3 Å². The van der Waals surface area contributed by atoms with E-state index in [2.05, 4.69) is 15.9 Å². The Kier molecular flexibility index (Phi) is 6.62. The number of hydrogen-bond donors (Lipinski definition) is 1. The largest absolute Gasteiger partial charge is 0.491 e. The van der Waals surface area contributed by atoms with Crippen LogP contribution in [-0.2, 0) is 16.4 Å². The molecule has 1 aliphatic heterocycles. The van der Waals surface area contributed by atoms with Crippen LogP contribution in [0.5, 0.6) is 5.75 Å². The number of furan rings is 1. The van der Waals surface area contributed by atoms with Crippen molar-refractivity contribution in [3.8, 4) is 5.75 Å².